The largest absolute Gasteiger partial charge is 0.508 e. The molecule has 4 saturated carbocycles. The Balaban J connectivity index is 0.000000114. The second-order valence-corrected chi connectivity index (χ2v) is 42.4. The van der Waals surface area contributed by atoms with Gasteiger partial charge in [0.15, 0.2) is 21.7 Å². The molecule has 6 aromatic carbocycles. The Morgan fingerprint density at radius 1 is 0.400 bits per heavy atom. The maximum atomic E-state index is 13.0. The summed E-state index contributed by atoms with van der Waals surface area (Å²) >= 11 is 6.64. The van der Waals surface area contributed by atoms with Crippen LogP contribution in [0.2, 0.25) is 10.8 Å². The zero-order valence-electron chi connectivity index (χ0n) is 81.1. The molecule has 734 valence electrons. The van der Waals surface area contributed by atoms with E-state index in [9.17, 15) is 48.6 Å². The van der Waals surface area contributed by atoms with Crippen molar-refractivity contribution in [2.45, 2.75) is 241 Å². The summed E-state index contributed by atoms with van der Waals surface area (Å²) in [6.45, 7) is 22.4. The second-order valence-electron chi connectivity index (χ2n) is 42.0. The van der Waals surface area contributed by atoms with E-state index >= 15 is 0 Å². The van der Waals surface area contributed by atoms with Crippen molar-refractivity contribution < 1.29 is 82.4 Å². The number of aromatic carboxylic acids is 1. The first kappa shape index (κ1) is 96.4. The maximum absolute atomic E-state index is 13.0. The molecule has 0 radical (unpaired) electrons. The maximum Gasteiger partial charge on any atom is 0.454 e. The molecular formula is C109H122BClN8O21. The highest BCUT2D eigenvalue weighted by Gasteiger charge is 2.52. The van der Waals surface area contributed by atoms with E-state index in [1.165, 1.54) is 68.0 Å². The number of fused-ring (bicyclic) bond motifs is 24. The van der Waals surface area contributed by atoms with Crippen molar-refractivity contribution in [2.24, 2.45) is 11.8 Å². The zero-order chi connectivity index (χ0) is 98.6. The van der Waals surface area contributed by atoms with Gasteiger partial charge in [0.2, 0.25) is 0 Å². The molecule has 6 saturated heterocycles. The molecule has 31 heteroatoms. The lowest BCUT2D eigenvalue weighted by Gasteiger charge is -2.44. The number of aliphatic hydroxyl groups is 1. The number of rotatable bonds is 18. The number of hydrogen-bond donors (Lipinski definition) is 5. The van der Waals surface area contributed by atoms with Gasteiger partial charge >= 0.3 is 31.0 Å². The number of carboxylic acids is 1. The quantitative estimate of drug-likeness (QED) is 0.0303. The number of nitrogens with zero attached hydrogens (tertiary/aromatic N) is 8. The lowest BCUT2D eigenvalue weighted by molar-refractivity contribution is -0.0554. The minimum absolute atomic E-state index is 0.0139. The van der Waals surface area contributed by atoms with Crippen molar-refractivity contribution in [3.05, 3.63) is 276 Å². The Kier molecular flexibility index (Phi) is 26.3. The van der Waals surface area contributed by atoms with Crippen molar-refractivity contribution in [3.8, 4) is 68.0 Å². The van der Waals surface area contributed by atoms with E-state index in [-0.39, 0.29) is 90.7 Å². The number of phenolic OH excluding ortho intramolecular Hbond substituents is 1. The normalized spacial score (nSPS) is 20.6. The first-order valence-corrected chi connectivity index (χ1v) is 49.3. The molecule has 4 aliphatic carbocycles. The van der Waals surface area contributed by atoms with Gasteiger partial charge in [-0.15, -0.1) is 0 Å². The average molecular weight is 1930 g/mol. The fourth-order valence-corrected chi connectivity index (χ4v) is 22.0. The van der Waals surface area contributed by atoms with E-state index in [4.69, 9.17) is 64.7 Å². The number of carbonyl (C=O) groups is 4. The number of pyridine rings is 4. The van der Waals surface area contributed by atoms with Crippen molar-refractivity contribution in [2.75, 3.05) is 81.0 Å². The highest BCUT2D eigenvalue weighted by Crippen LogP contribution is 2.58. The predicted octanol–water partition coefficient (Wildman–Crippen LogP) is 16.8. The molecule has 29 nitrogen and oxygen atoms in total. The van der Waals surface area contributed by atoms with Crippen LogP contribution >= 0.6 is 11.6 Å². The minimum Gasteiger partial charge on any atom is -0.508 e. The number of aliphatic hydroxyl groups excluding tert-OH is 1. The summed E-state index contributed by atoms with van der Waals surface area (Å²) in [7, 11) is 2.84. The van der Waals surface area contributed by atoms with Crippen molar-refractivity contribution >= 4 is 42.6 Å². The molecule has 0 unspecified atom stereocenters. The van der Waals surface area contributed by atoms with Crippen molar-refractivity contribution in [3.63, 3.8) is 0 Å². The van der Waals surface area contributed by atoms with Gasteiger partial charge < -0.3 is 63.3 Å². The summed E-state index contributed by atoms with van der Waals surface area (Å²) in [6, 6.07) is 43.3. The van der Waals surface area contributed by atoms with Gasteiger partial charge in [-0.2, -0.15) is 0 Å². The van der Waals surface area contributed by atoms with Crippen LogP contribution in [0.5, 0.6) is 23.0 Å². The fraction of sp³-hybridized carbons (Fsp3) is 0.450. The van der Waals surface area contributed by atoms with Crippen LogP contribution in [0, 0.1) is 11.8 Å². The number of esters is 3. The van der Waals surface area contributed by atoms with Gasteiger partial charge in [0, 0.05) is 83.1 Å². The number of carboxylic acid groups (broad SMARTS) is 1. The van der Waals surface area contributed by atoms with E-state index < -0.39 is 36.4 Å². The minimum atomic E-state index is -1.19. The third kappa shape index (κ3) is 18.7. The topological polar surface area (TPSA) is 344 Å². The lowest BCUT2D eigenvalue weighted by atomic mass is 9.84. The van der Waals surface area contributed by atoms with E-state index in [0.29, 0.717) is 78.2 Å². The summed E-state index contributed by atoms with van der Waals surface area (Å²) in [6.07, 6.45) is 22.9. The van der Waals surface area contributed by atoms with E-state index in [0.717, 1.165) is 208 Å². The molecule has 5 N–H and O–H groups in total. The molecule has 4 aromatic heterocycles. The third-order valence-corrected chi connectivity index (χ3v) is 30.5. The molecule has 10 aliphatic heterocycles. The molecule has 10 fully saturated rings. The van der Waals surface area contributed by atoms with Crippen LogP contribution in [0.4, 0.5) is 0 Å². The van der Waals surface area contributed by atoms with Gasteiger partial charge in [0.05, 0.1) is 135 Å². The highest BCUT2D eigenvalue weighted by molar-refractivity contribution is 6.44. The molecule has 140 heavy (non-hydrogen) atoms. The summed E-state index contributed by atoms with van der Waals surface area (Å²) in [4.78, 5) is 99.4. The van der Waals surface area contributed by atoms with Crippen LogP contribution in [-0.4, -0.2) is 158 Å². The predicted molar refractivity (Wildman–Crippen MR) is 531 cm³/mol. The van der Waals surface area contributed by atoms with Crippen molar-refractivity contribution in [1.82, 2.24) is 18.7 Å². The molecule has 4 atom stereocenters. The van der Waals surface area contributed by atoms with Crippen LogP contribution in [-0.2, 0) is 36.9 Å². The molecule has 14 aliphatic rings. The smallest absolute Gasteiger partial charge is 0.454 e. The monoisotopic (exact) mass is 1920 g/mol. The van der Waals surface area contributed by atoms with E-state index in [1.54, 1.807) is 24.7 Å². The van der Waals surface area contributed by atoms with Gasteiger partial charge in [0.25, 0.3) is 0 Å². The highest BCUT2D eigenvalue weighted by atomic mass is 35.5. The molecule has 24 rings (SSSR count). The van der Waals surface area contributed by atoms with E-state index in [1.807, 2.05) is 91.5 Å². The van der Waals surface area contributed by atoms with Crippen LogP contribution in [0.3, 0.4) is 0 Å². The molecule has 0 bridgehead atoms. The van der Waals surface area contributed by atoms with Gasteiger partial charge in [-0.05, 0) is 267 Å². The van der Waals surface area contributed by atoms with Crippen molar-refractivity contribution in [1.29, 1.82) is 0 Å². The summed E-state index contributed by atoms with van der Waals surface area (Å²) < 4.78 is 51.3. The van der Waals surface area contributed by atoms with Crippen LogP contribution in [0.25, 0.3) is 45.0 Å². The standard InChI is InChI=1S/C29H30N2O4.C26H25ClN2O4.C25H28N2O5.C22H24N2O4.C4H8O2.C3H7BO2/c1-29(2)12-11-24-22-14-27(35-17-18-7-5-4-6-8-18)20(19-9-10-19)13-21(22)25-15-26(32)23(28(33)34-3)16-30(25)31(24)29;1-26(2)10-9-21-18-12-24(33-15-16-7-5-4-6-8-16)20(27)11-17(18)22-13-23(30)19(25(31)32-3)14-28(22)29(21)26;1-25(2)6-5-20-18-8-23(32-13-14-11-31-12-14)16(15-3-4-15)7-17(18)21-9-22(28)19(24(29)30)10-26(21)27(20)25;1-22(2)7-6-17-15-9-19(25)13(12-4-5-12)8-14(15)18-10-20(26)16(21(27)28-3)11-23(18)24(17)22;5-1-4-2-6-3-4;5-4(6)3-1-2-3/h4-8,13-16,19,24H,9-12,17H2,1-3H3;4-8,11-14,21H,9-10,15H2,1-3H3;7-10,14-15,20H,3-6,11-13H2,1-2H3,(H,29,30);8-12,17,25H,4-7H2,1-3H3;4-5H,1-3H2;3,5-6H,1-2H2/t24-;21-;20-;17-;;/m1111../s1. The van der Waals surface area contributed by atoms with Gasteiger partial charge in [-0.3, -0.25) is 57.9 Å². The molecule has 14 heterocycles. The summed E-state index contributed by atoms with van der Waals surface area (Å²) in [5.74, 6) is 2.31. The number of carbonyl (C=O) groups excluding carboxylic acids is 3. The Morgan fingerprint density at radius 3 is 1.04 bits per heavy atom. The Hall–Kier alpha value is -12.4. The average Bonchev–Trinajstić information content (AvgIpc) is 1.55. The Bertz CT molecular complexity index is 6760. The molecule has 0 amide bonds. The summed E-state index contributed by atoms with van der Waals surface area (Å²) in [5.41, 5.74) is 14.8. The van der Waals surface area contributed by atoms with Crippen LogP contribution in [0.15, 0.2) is 177 Å². The van der Waals surface area contributed by atoms with Gasteiger partial charge in [0.1, 0.15) is 58.5 Å². The lowest BCUT2D eigenvalue weighted by Crippen LogP contribution is -2.50. The third-order valence-electron chi connectivity index (χ3n) is 30.2. The van der Waals surface area contributed by atoms with Crippen LogP contribution < -0.4 is 56.0 Å². The Morgan fingerprint density at radius 2 is 0.721 bits per heavy atom. The molecule has 0 spiro atoms. The van der Waals surface area contributed by atoms with Crippen LogP contribution in [0.1, 0.15) is 292 Å². The number of aromatic nitrogens is 4. The number of halogens is 1. The number of benzene rings is 6. The van der Waals surface area contributed by atoms with Gasteiger partial charge in [-0.1, -0.05) is 85.1 Å². The van der Waals surface area contributed by atoms with Gasteiger partial charge in [-0.25, -0.2) is 19.2 Å². The number of phenols is 1. The molecule has 10 aromatic rings. The fourth-order valence-electron chi connectivity index (χ4n) is 21.8. The zero-order valence-corrected chi connectivity index (χ0v) is 81.8. The SMILES string of the molecule is CC1(C)CC[C@@H]2c3cc(OCC4COC4)c(C4CC4)cc3-c3cc(=O)c(C(=O)O)cn3N21.COC(=O)c1cn2c(cc1=O)-c1cc(C3CC3)c(O)cc1[C@H]1CCC(C)(C)N12.COC(=O)c1cn2c(cc1=O)-c1cc(C3CC3)c(OCc3ccccc3)cc1[C@H]1CCC(C)(C)N12.COC(=O)c1cn2c(cc1=O)-c1cc(Cl)c(OCc3ccccc3)cc1[C@H]1CCC(C)(C)N12.OB(O)C1CC1.OCC1COC1. The second kappa shape index (κ2) is 38.2. The first-order valence-electron chi connectivity index (χ1n) is 49.0. The number of hydrogen-bond acceptors (Lipinski definition) is 24. The van der Waals surface area contributed by atoms with E-state index in [2.05, 4.69) is 112 Å². The summed E-state index contributed by atoms with van der Waals surface area (Å²) in [5, 5.41) is 54.5. The first-order chi connectivity index (χ1) is 67.0. The number of methoxy groups -OCH3 is 3. The molecular weight excluding hydrogens is 1800 g/mol. The Labute approximate surface area is 817 Å². The number of aromatic hydroxyl groups is 1. The number of ether oxygens (including phenoxy) is 8.